The smallest absolute Gasteiger partial charge is 0.430 e. The highest BCUT2D eigenvalue weighted by atomic mass is 19.4. The maximum absolute atomic E-state index is 10.8. The number of hydrogen-bond acceptors (Lipinski definition) is 4. The van der Waals surface area contributed by atoms with Gasteiger partial charge < -0.3 is 25.1 Å². The highest BCUT2D eigenvalue weighted by Gasteiger charge is 2.28. The second-order valence-electron chi connectivity index (χ2n) is 4.42. The van der Waals surface area contributed by atoms with Gasteiger partial charge in [-0.05, 0) is 12.1 Å². The fourth-order valence-corrected chi connectivity index (χ4v) is 1.77. The number of alkyl halides is 3. The van der Waals surface area contributed by atoms with Crippen molar-refractivity contribution in [1.82, 2.24) is 0 Å². The molecule has 1 unspecified atom stereocenters. The van der Waals surface area contributed by atoms with E-state index in [9.17, 15) is 18.0 Å². The van der Waals surface area contributed by atoms with Gasteiger partial charge in [0.1, 0.15) is 18.6 Å². The Bertz CT molecular complexity index is 527. The molecule has 2 rings (SSSR count). The van der Waals surface area contributed by atoms with E-state index in [0.717, 1.165) is 18.7 Å². The lowest BCUT2D eigenvalue weighted by atomic mass is 10.0. The summed E-state index contributed by atoms with van der Waals surface area (Å²) < 4.78 is 36.9. The molecule has 1 aromatic rings. The van der Waals surface area contributed by atoms with Crippen LogP contribution in [0.15, 0.2) is 24.3 Å². The first-order chi connectivity index (χ1) is 10.2. The zero-order valence-electron chi connectivity index (χ0n) is 11.3. The first kappa shape index (κ1) is 17.9. The number of nitrogens with two attached hydrogens (primary N) is 1. The highest BCUT2D eigenvalue weighted by molar-refractivity contribution is 5.87. The summed E-state index contributed by atoms with van der Waals surface area (Å²) >= 11 is 0. The van der Waals surface area contributed by atoms with Gasteiger partial charge in [0.05, 0.1) is 18.7 Å². The molecule has 22 heavy (non-hydrogen) atoms. The number of carboxylic acid groups (broad SMARTS) is 2. The maximum atomic E-state index is 10.8. The van der Waals surface area contributed by atoms with Crippen LogP contribution in [0.4, 0.5) is 13.2 Å². The van der Waals surface area contributed by atoms with E-state index in [-0.39, 0.29) is 6.04 Å². The van der Waals surface area contributed by atoms with Crippen LogP contribution in [0.5, 0.6) is 0 Å². The van der Waals surface area contributed by atoms with Gasteiger partial charge in [-0.2, -0.15) is 13.2 Å². The predicted octanol–water partition coefficient (Wildman–Crippen LogP) is -0.682. The number of carboxylic acids is 2. The van der Waals surface area contributed by atoms with Crippen molar-refractivity contribution in [1.29, 1.82) is 0 Å². The lowest BCUT2D eigenvalue weighted by molar-refractivity contribution is -0.711. The summed E-state index contributed by atoms with van der Waals surface area (Å²) in [6.07, 6.45) is -5.19. The summed E-state index contributed by atoms with van der Waals surface area (Å²) in [5, 5.41) is 19.8. The third kappa shape index (κ3) is 5.70. The molecule has 1 aliphatic heterocycles. The number of benzene rings is 1. The monoisotopic (exact) mass is 321 g/mol. The van der Waals surface area contributed by atoms with E-state index in [1.165, 1.54) is 0 Å². The van der Waals surface area contributed by atoms with E-state index in [1.807, 2.05) is 6.07 Å². The Hall–Kier alpha value is -2.13. The molecule has 1 aromatic carbocycles. The van der Waals surface area contributed by atoms with E-state index in [0.29, 0.717) is 12.2 Å². The first-order valence-corrected chi connectivity index (χ1v) is 6.24. The van der Waals surface area contributed by atoms with Crippen molar-refractivity contribution in [2.45, 2.75) is 12.2 Å². The number of morpholine rings is 1. The van der Waals surface area contributed by atoms with Gasteiger partial charge in [0.15, 0.2) is 0 Å². The molecular weight excluding hydrogens is 307 g/mol. The molecule has 1 saturated heterocycles. The minimum atomic E-state index is -5.19. The molecule has 0 bridgehead atoms. The van der Waals surface area contributed by atoms with Gasteiger partial charge in [0.2, 0.25) is 0 Å². The van der Waals surface area contributed by atoms with Gasteiger partial charge in [0.25, 0.3) is 0 Å². The van der Waals surface area contributed by atoms with Crippen molar-refractivity contribution in [2.75, 3.05) is 19.8 Å². The Balaban J connectivity index is 0.000000295. The highest BCUT2D eigenvalue weighted by Crippen LogP contribution is 2.13. The van der Waals surface area contributed by atoms with Crippen LogP contribution < -0.4 is 10.4 Å². The molecule has 1 heterocycles. The number of ether oxygens (including phenoxy) is 1. The van der Waals surface area contributed by atoms with Crippen LogP contribution in [-0.2, 0) is 9.53 Å². The van der Waals surface area contributed by atoms with E-state index in [4.69, 9.17) is 19.7 Å². The number of carbonyl (C=O) groups excluding carboxylic acids is 1. The van der Waals surface area contributed by atoms with Crippen LogP contribution in [0, 0.1) is 0 Å². The Morgan fingerprint density at radius 3 is 2.45 bits per heavy atom. The van der Waals surface area contributed by atoms with Crippen molar-refractivity contribution in [3.05, 3.63) is 35.4 Å². The average molecular weight is 321 g/mol. The van der Waals surface area contributed by atoms with Gasteiger partial charge in [0, 0.05) is 5.56 Å². The maximum Gasteiger partial charge on any atom is 0.430 e. The number of aliphatic carboxylic acids is 1. The van der Waals surface area contributed by atoms with E-state index in [2.05, 4.69) is 5.32 Å². The van der Waals surface area contributed by atoms with Gasteiger partial charge in [-0.3, -0.25) is 0 Å². The van der Waals surface area contributed by atoms with E-state index < -0.39 is 18.1 Å². The Morgan fingerprint density at radius 1 is 1.36 bits per heavy atom. The summed E-state index contributed by atoms with van der Waals surface area (Å²) in [5.41, 5.74) is 1.36. The molecule has 122 valence electrons. The molecule has 1 atom stereocenters. The molecule has 6 nitrogen and oxygen atoms in total. The minimum Gasteiger partial charge on any atom is -0.542 e. The average Bonchev–Trinajstić information content (AvgIpc) is 2.48. The molecule has 9 heteroatoms. The van der Waals surface area contributed by atoms with Crippen LogP contribution >= 0.6 is 0 Å². The topological polar surface area (TPSA) is 103 Å². The van der Waals surface area contributed by atoms with Crippen molar-refractivity contribution in [2.24, 2.45) is 0 Å². The van der Waals surface area contributed by atoms with Crippen molar-refractivity contribution in [3.63, 3.8) is 0 Å². The SMILES string of the molecule is O=C(O)c1cccc(C2COCC[NH2+]2)c1.O=C([O-])C(F)(F)F. The van der Waals surface area contributed by atoms with E-state index >= 15 is 0 Å². The molecule has 0 amide bonds. The molecule has 0 saturated carbocycles. The van der Waals surface area contributed by atoms with Gasteiger partial charge in [-0.25, -0.2) is 4.79 Å². The van der Waals surface area contributed by atoms with Crippen LogP contribution in [-0.4, -0.2) is 43.0 Å². The fraction of sp³-hybridized carbons (Fsp3) is 0.385. The Labute approximate surface area is 123 Å². The Morgan fingerprint density at radius 2 is 2.00 bits per heavy atom. The first-order valence-electron chi connectivity index (χ1n) is 6.24. The fourth-order valence-electron chi connectivity index (χ4n) is 1.77. The van der Waals surface area contributed by atoms with Crippen LogP contribution in [0.3, 0.4) is 0 Å². The standard InChI is InChI=1S/C11H13NO3.C2HF3O2/c13-11(14)9-3-1-2-8(6-9)10-7-15-5-4-12-10;3-2(4,5)1(6)7/h1-3,6,10,12H,4-5,7H2,(H,13,14);(H,6,7). The number of hydrogen-bond donors (Lipinski definition) is 2. The molecule has 1 fully saturated rings. The number of aromatic carboxylic acids is 1. The zero-order valence-corrected chi connectivity index (χ0v) is 11.3. The molecule has 0 spiro atoms. The lowest BCUT2D eigenvalue weighted by Gasteiger charge is -2.20. The van der Waals surface area contributed by atoms with Crippen molar-refractivity contribution in [3.8, 4) is 0 Å². The predicted molar refractivity (Wildman–Crippen MR) is 64.8 cm³/mol. The zero-order chi connectivity index (χ0) is 16.8. The quantitative estimate of drug-likeness (QED) is 0.751. The second-order valence-corrected chi connectivity index (χ2v) is 4.42. The summed E-state index contributed by atoms with van der Waals surface area (Å²) in [6, 6.07) is 7.29. The summed E-state index contributed by atoms with van der Waals surface area (Å²) in [7, 11) is 0. The minimum absolute atomic E-state index is 0.234. The molecule has 0 radical (unpaired) electrons. The molecule has 3 N–H and O–H groups in total. The van der Waals surface area contributed by atoms with Crippen LogP contribution in [0.1, 0.15) is 22.0 Å². The lowest BCUT2D eigenvalue weighted by Crippen LogP contribution is -2.88. The summed E-state index contributed by atoms with van der Waals surface area (Å²) in [4.78, 5) is 19.6. The molecular formula is C13H14F3NO5. The van der Waals surface area contributed by atoms with Crippen LogP contribution in [0.25, 0.3) is 0 Å². The van der Waals surface area contributed by atoms with Gasteiger partial charge >= 0.3 is 12.1 Å². The molecule has 0 aliphatic carbocycles. The number of carbonyl (C=O) groups is 2. The molecule has 0 aromatic heterocycles. The number of rotatable bonds is 2. The summed E-state index contributed by atoms with van der Waals surface area (Å²) in [6.45, 7) is 2.36. The normalized spacial score (nSPS) is 18.0. The number of quaternary nitrogens is 1. The van der Waals surface area contributed by atoms with Crippen molar-refractivity contribution >= 4 is 11.9 Å². The van der Waals surface area contributed by atoms with Crippen LogP contribution in [0.2, 0.25) is 0 Å². The number of halogens is 3. The third-order valence-corrected chi connectivity index (χ3v) is 2.80. The third-order valence-electron chi connectivity index (χ3n) is 2.80. The van der Waals surface area contributed by atoms with Crippen molar-refractivity contribution < 1.29 is 43.0 Å². The van der Waals surface area contributed by atoms with Gasteiger partial charge in [-0.1, -0.05) is 12.1 Å². The van der Waals surface area contributed by atoms with E-state index in [1.54, 1.807) is 18.2 Å². The Kier molecular flexibility index (Phi) is 6.32. The second kappa shape index (κ2) is 7.76. The largest absolute Gasteiger partial charge is 0.542 e. The molecule has 1 aliphatic rings. The summed E-state index contributed by atoms with van der Waals surface area (Å²) in [5.74, 6) is -3.89. The van der Waals surface area contributed by atoms with Gasteiger partial charge in [-0.15, -0.1) is 0 Å².